The Bertz CT molecular complexity index is 921. The van der Waals surface area contributed by atoms with Gasteiger partial charge in [-0.3, -0.25) is 15.2 Å². The third-order valence-corrected chi connectivity index (χ3v) is 4.81. The standard InChI is InChI=1S/C21H27N5O2/c1-12(2)10-16-6-8-17(9-7-16)13(3)20-23-21(25-24-20)22-19(27)11-18-14(4)26-28-15(18)5/h6-9,12-13H,10-11H2,1-5H3,(H2,22,23,24,25,27)/t13-/m1/s1. The zero-order valence-electron chi connectivity index (χ0n) is 17.0. The zero-order valence-corrected chi connectivity index (χ0v) is 17.0. The van der Waals surface area contributed by atoms with Crippen molar-refractivity contribution in [3.05, 3.63) is 58.2 Å². The molecule has 1 aromatic carbocycles. The first-order valence-corrected chi connectivity index (χ1v) is 9.56. The van der Waals surface area contributed by atoms with Crippen molar-refractivity contribution >= 4 is 11.9 Å². The van der Waals surface area contributed by atoms with E-state index in [1.165, 1.54) is 5.56 Å². The molecule has 0 fully saturated rings. The molecule has 2 heterocycles. The number of aryl methyl sites for hydroxylation is 2. The predicted molar refractivity (Wildman–Crippen MR) is 107 cm³/mol. The van der Waals surface area contributed by atoms with Gasteiger partial charge in [0.25, 0.3) is 0 Å². The Morgan fingerprint density at radius 3 is 2.50 bits per heavy atom. The van der Waals surface area contributed by atoms with Crippen LogP contribution in [0.15, 0.2) is 28.8 Å². The maximum Gasteiger partial charge on any atom is 0.248 e. The average molecular weight is 381 g/mol. The van der Waals surface area contributed by atoms with E-state index in [0.29, 0.717) is 17.5 Å². The number of rotatable bonds is 7. The smallest absolute Gasteiger partial charge is 0.248 e. The van der Waals surface area contributed by atoms with E-state index in [4.69, 9.17) is 4.52 Å². The molecule has 0 radical (unpaired) electrons. The van der Waals surface area contributed by atoms with Gasteiger partial charge < -0.3 is 4.52 Å². The van der Waals surface area contributed by atoms with Crippen molar-refractivity contribution in [1.29, 1.82) is 0 Å². The molecule has 148 valence electrons. The van der Waals surface area contributed by atoms with Crippen LogP contribution in [0.5, 0.6) is 0 Å². The van der Waals surface area contributed by atoms with Gasteiger partial charge in [-0.1, -0.05) is 50.2 Å². The van der Waals surface area contributed by atoms with Crippen molar-refractivity contribution < 1.29 is 9.32 Å². The minimum absolute atomic E-state index is 0.0498. The van der Waals surface area contributed by atoms with E-state index >= 15 is 0 Å². The number of aromatic nitrogens is 4. The number of amides is 1. The summed E-state index contributed by atoms with van der Waals surface area (Å²) in [6.07, 6.45) is 1.25. The highest BCUT2D eigenvalue weighted by atomic mass is 16.5. The lowest BCUT2D eigenvalue weighted by Gasteiger charge is -2.10. The van der Waals surface area contributed by atoms with E-state index in [2.05, 4.69) is 70.7 Å². The molecule has 1 atom stereocenters. The summed E-state index contributed by atoms with van der Waals surface area (Å²) in [7, 11) is 0. The average Bonchev–Trinajstić information content (AvgIpc) is 3.23. The largest absolute Gasteiger partial charge is 0.361 e. The van der Waals surface area contributed by atoms with Crippen molar-refractivity contribution in [3.63, 3.8) is 0 Å². The van der Waals surface area contributed by atoms with E-state index in [-0.39, 0.29) is 24.2 Å². The number of benzene rings is 1. The maximum atomic E-state index is 12.3. The number of anilines is 1. The van der Waals surface area contributed by atoms with Crippen LogP contribution < -0.4 is 5.32 Å². The van der Waals surface area contributed by atoms with Gasteiger partial charge in [0.1, 0.15) is 11.6 Å². The zero-order chi connectivity index (χ0) is 20.3. The number of H-pyrrole nitrogens is 1. The summed E-state index contributed by atoms with van der Waals surface area (Å²) >= 11 is 0. The molecular weight excluding hydrogens is 354 g/mol. The minimum atomic E-state index is -0.203. The molecule has 0 aliphatic rings. The molecule has 3 rings (SSSR count). The van der Waals surface area contributed by atoms with Crippen LogP contribution >= 0.6 is 0 Å². The summed E-state index contributed by atoms with van der Waals surface area (Å²) in [4.78, 5) is 16.7. The van der Waals surface area contributed by atoms with E-state index in [1.54, 1.807) is 6.92 Å². The van der Waals surface area contributed by atoms with E-state index in [9.17, 15) is 4.79 Å². The fraction of sp³-hybridized carbons (Fsp3) is 0.429. The number of aromatic amines is 1. The number of hydrogen-bond acceptors (Lipinski definition) is 5. The summed E-state index contributed by atoms with van der Waals surface area (Å²) in [5.74, 6) is 2.12. The Balaban J connectivity index is 1.63. The van der Waals surface area contributed by atoms with Crippen molar-refractivity contribution in [3.8, 4) is 0 Å². The highest BCUT2D eigenvalue weighted by molar-refractivity contribution is 5.90. The first kappa shape index (κ1) is 19.8. The number of carbonyl (C=O) groups is 1. The van der Waals surface area contributed by atoms with Gasteiger partial charge in [-0.15, -0.1) is 5.10 Å². The van der Waals surface area contributed by atoms with Gasteiger partial charge in [-0.25, -0.2) is 0 Å². The van der Waals surface area contributed by atoms with Crippen molar-refractivity contribution in [2.75, 3.05) is 5.32 Å². The Hall–Kier alpha value is -2.96. The summed E-state index contributed by atoms with van der Waals surface area (Å²) in [5, 5.41) is 13.7. The van der Waals surface area contributed by atoms with Gasteiger partial charge in [0, 0.05) is 11.5 Å². The fourth-order valence-corrected chi connectivity index (χ4v) is 3.18. The molecule has 1 amide bonds. The summed E-state index contributed by atoms with van der Waals surface area (Å²) < 4.78 is 5.09. The Kier molecular flexibility index (Phi) is 5.92. The second kappa shape index (κ2) is 8.37. The van der Waals surface area contributed by atoms with Crippen LogP contribution in [0.1, 0.15) is 60.7 Å². The van der Waals surface area contributed by atoms with Crippen LogP contribution in [0.2, 0.25) is 0 Å². The van der Waals surface area contributed by atoms with Crippen LogP contribution in [0.3, 0.4) is 0 Å². The molecule has 0 spiro atoms. The first-order chi connectivity index (χ1) is 13.3. The van der Waals surface area contributed by atoms with E-state index in [1.807, 2.05) is 6.92 Å². The topological polar surface area (TPSA) is 96.7 Å². The molecule has 3 aromatic rings. The normalized spacial score (nSPS) is 12.4. The van der Waals surface area contributed by atoms with Crippen LogP contribution in [-0.2, 0) is 17.6 Å². The van der Waals surface area contributed by atoms with Crippen LogP contribution in [-0.4, -0.2) is 26.2 Å². The lowest BCUT2D eigenvalue weighted by Crippen LogP contribution is -2.16. The van der Waals surface area contributed by atoms with E-state index < -0.39 is 0 Å². The Morgan fingerprint density at radius 2 is 1.89 bits per heavy atom. The Labute approximate surface area is 164 Å². The Morgan fingerprint density at radius 1 is 1.18 bits per heavy atom. The van der Waals surface area contributed by atoms with E-state index in [0.717, 1.165) is 23.2 Å². The first-order valence-electron chi connectivity index (χ1n) is 9.56. The highest BCUT2D eigenvalue weighted by Crippen LogP contribution is 2.23. The van der Waals surface area contributed by atoms with Gasteiger partial charge >= 0.3 is 0 Å². The second-order valence-electron chi connectivity index (χ2n) is 7.63. The molecule has 2 aromatic heterocycles. The molecule has 0 bridgehead atoms. The summed E-state index contributed by atoms with van der Waals surface area (Å²) in [6.45, 7) is 10.1. The summed E-state index contributed by atoms with van der Waals surface area (Å²) in [6, 6.07) is 8.57. The molecule has 28 heavy (non-hydrogen) atoms. The third kappa shape index (κ3) is 4.65. The van der Waals surface area contributed by atoms with Gasteiger partial charge in [-0.05, 0) is 37.3 Å². The highest BCUT2D eigenvalue weighted by Gasteiger charge is 2.17. The van der Waals surface area contributed by atoms with Gasteiger partial charge in [0.05, 0.1) is 12.1 Å². The molecule has 2 N–H and O–H groups in total. The van der Waals surface area contributed by atoms with Crippen LogP contribution in [0.4, 0.5) is 5.95 Å². The van der Waals surface area contributed by atoms with Gasteiger partial charge in [0.15, 0.2) is 0 Å². The maximum absolute atomic E-state index is 12.3. The van der Waals surface area contributed by atoms with Crippen LogP contribution in [0.25, 0.3) is 0 Å². The number of nitrogens with zero attached hydrogens (tertiary/aromatic N) is 3. The molecular formula is C21H27N5O2. The fourth-order valence-electron chi connectivity index (χ4n) is 3.18. The lowest BCUT2D eigenvalue weighted by molar-refractivity contribution is -0.115. The molecule has 0 aliphatic heterocycles. The SMILES string of the molecule is Cc1noc(C)c1CC(=O)Nc1n[nH]c([C@H](C)c2ccc(CC(C)C)cc2)n1. The van der Waals surface area contributed by atoms with Gasteiger partial charge in [0.2, 0.25) is 11.9 Å². The molecule has 7 heteroatoms. The molecule has 7 nitrogen and oxygen atoms in total. The minimum Gasteiger partial charge on any atom is -0.361 e. The molecule has 0 aliphatic carbocycles. The van der Waals surface area contributed by atoms with Crippen LogP contribution in [0, 0.1) is 19.8 Å². The van der Waals surface area contributed by atoms with Gasteiger partial charge in [-0.2, -0.15) is 4.98 Å². The molecule has 0 unspecified atom stereocenters. The molecule has 0 saturated carbocycles. The number of carbonyl (C=O) groups excluding carboxylic acids is 1. The summed E-state index contributed by atoms with van der Waals surface area (Å²) in [5.41, 5.74) is 3.99. The second-order valence-corrected chi connectivity index (χ2v) is 7.63. The number of nitrogens with one attached hydrogen (secondary N) is 2. The predicted octanol–water partition coefficient (Wildman–Crippen LogP) is 3.94. The number of hydrogen-bond donors (Lipinski definition) is 2. The monoisotopic (exact) mass is 381 g/mol. The quantitative estimate of drug-likeness (QED) is 0.646. The molecule has 0 saturated heterocycles. The third-order valence-electron chi connectivity index (χ3n) is 4.81. The van der Waals surface area contributed by atoms with Crippen molar-refractivity contribution in [2.24, 2.45) is 5.92 Å². The van der Waals surface area contributed by atoms with Crippen molar-refractivity contribution in [1.82, 2.24) is 20.3 Å². The van der Waals surface area contributed by atoms with Crippen molar-refractivity contribution in [2.45, 2.75) is 53.4 Å². The lowest BCUT2D eigenvalue weighted by atomic mass is 9.96.